The quantitative estimate of drug-likeness (QED) is 0.894. The van der Waals surface area contributed by atoms with Crippen LogP contribution in [-0.4, -0.2) is 25.8 Å². The van der Waals surface area contributed by atoms with Gasteiger partial charge in [0.15, 0.2) is 0 Å². The van der Waals surface area contributed by atoms with Crippen molar-refractivity contribution in [3.8, 4) is 0 Å². The Morgan fingerprint density at radius 3 is 2.89 bits per heavy atom. The molecule has 2 atom stereocenters. The summed E-state index contributed by atoms with van der Waals surface area (Å²) in [6, 6.07) is 3.31. The Bertz CT molecular complexity index is 448. The Balaban J connectivity index is 2.38. The normalized spacial score (nSPS) is 22.2. The molecule has 1 aromatic carbocycles. The molecule has 0 aliphatic carbocycles. The van der Waals surface area contributed by atoms with Gasteiger partial charge >= 0.3 is 0 Å². The number of nitrogens with zero attached hydrogens (tertiary/aromatic N) is 1. The molecule has 1 heterocycles. The number of rotatable bonds is 2. The van der Waals surface area contributed by atoms with E-state index in [1.807, 2.05) is 13.0 Å². The fourth-order valence-corrected chi connectivity index (χ4v) is 2.53. The zero-order valence-electron chi connectivity index (χ0n) is 11.9. The van der Waals surface area contributed by atoms with Crippen molar-refractivity contribution in [2.45, 2.75) is 39.3 Å². The number of nitrogens with two attached hydrogens (primary N) is 1. The molecule has 0 amide bonds. The van der Waals surface area contributed by atoms with Crippen LogP contribution in [0.3, 0.4) is 0 Å². The van der Waals surface area contributed by atoms with Gasteiger partial charge in [-0.2, -0.15) is 0 Å². The highest BCUT2D eigenvalue weighted by Crippen LogP contribution is 2.29. The molecule has 1 saturated heterocycles. The number of anilines is 1. The van der Waals surface area contributed by atoms with Crippen molar-refractivity contribution in [2.75, 3.05) is 24.6 Å². The van der Waals surface area contributed by atoms with E-state index in [9.17, 15) is 4.39 Å². The van der Waals surface area contributed by atoms with E-state index in [0.717, 1.165) is 37.4 Å². The summed E-state index contributed by atoms with van der Waals surface area (Å²) in [5.74, 6) is -0.185. The van der Waals surface area contributed by atoms with Crippen LogP contribution in [0.25, 0.3) is 0 Å². The zero-order chi connectivity index (χ0) is 14.0. The Morgan fingerprint density at radius 2 is 2.21 bits per heavy atom. The van der Waals surface area contributed by atoms with Crippen molar-refractivity contribution in [2.24, 2.45) is 5.73 Å². The lowest BCUT2D eigenvalue weighted by atomic mass is 10.0. The Hall–Kier alpha value is -1.13. The molecule has 2 N–H and O–H groups in total. The maximum atomic E-state index is 13.7. The van der Waals surface area contributed by atoms with Crippen LogP contribution in [0.2, 0.25) is 0 Å². The van der Waals surface area contributed by atoms with Crippen LogP contribution >= 0.6 is 0 Å². The van der Waals surface area contributed by atoms with Crippen LogP contribution in [0.15, 0.2) is 12.1 Å². The zero-order valence-corrected chi connectivity index (χ0v) is 11.9. The molecular weight excluding hydrogens is 243 g/mol. The lowest BCUT2D eigenvalue weighted by Crippen LogP contribution is -2.31. The van der Waals surface area contributed by atoms with Gasteiger partial charge < -0.3 is 15.4 Å². The van der Waals surface area contributed by atoms with E-state index in [-0.39, 0.29) is 18.0 Å². The predicted octanol–water partition coefficient (Wildman–Crippen LogP) is 2.77. The number of aryl methyl sites for hydroxylation is 1. The van der Waals surface area contributed by atoms with Crippen LogP contribution in [0.1, 0.15) is 37.4 Å². The first-order valence-electron chi connectivity index (χ1n) is 6.91. The van der Waals surface area contributed by atoms with Gasteiger partial charge in [-0.25, -0.2) is 4.39 Å². The molecule has 106 valence electrons. The third-order valence-corrected chi connectivity index (χ3v) is 3.59. The second-order valence-corrected chi connectivity index (χ2v) is 5.43. The van der Waals surface area contributed by atoms with Gasteiger partial charge in [0, 0.05) is 31.4 Å². The Morgan fingerprint density at radius 1 is 1.47 bits per heavy atom. The van der Waals surface area contributed by atoms with Gasteiger partial charge in [-0.05, 0) is 50.5 Å². The van der Waals surface area contributed by atoms with E-state index >= 15 is 0 Å². The smallest absolute Gasteiger partial charge is 0.126 e. The number of ether oxygens (including phenoxy) is 1. The standard InChI is InChI=1S/C15H23FN2O/c1-10-7-15(13(12(3)17)8-14(10)16)18-5-4-6-19-11(2)9-18/h7-8,11-12H,4-6,9,17H2,1-3H3/t11?,12-/m1/s1. The van der Waals surface area contributed by atoms with Crippen molar-refractivity contribution in [3.63, 3.8) is 0 Å². The number of hydrogen-bond acceptors (Lipinski definition) is 3. The lowest BCUT2D eigenvalue weighted by molar-refractivity contribution is 0.0821. The fraction of sp³-hybridized carbons (Fsp3) is 0.600. The summed E-state index contributed by atoms with van der Waals surface area (Å²) in [6.07, 6.45) is 1.17. The summed E-state index contributed by atoms with van der Waals surface area (Å²) in [5, 5.41) is 0. The topological polar surface area (TPSA) is 38.5 Å². The summed E-state index contributed by atoms with van der Waals surface area (Å²) < 4.78 is 19.4. The Labute approximate surface area is 114 Å². The van der Waals surface area contributed by atoms with Crippen molar-refractivity contribution in [1.29, 1.82) is 0 Å². The molecule has 0 saturated carbocycles. The van der Waals surface area contributed by atoms with Gasteiger partial charge in [0.25, 0.3) is 0 Å². The fourth-order valence-electron chi connectivity index (χ4n) is 2.53. The molecule has 0 bridgehead atoms. The number of hydrogen-bond donors (Lipinski definition) is 1. The first kappa shape index (κ1) is 14.3. The van der Waals surface area contributed by atoms with E-state index in [0.29, 0.717) is 5.56 Å². The number of benzene rings is 1. The predicted molar refractivity (Wildman–Crippen MR) is 76.0 cm³/mol. The average molecular weight is 266 g/mol. The van der Waals surface area contributed by atoms with Gasteiger partial charge in [0.2, 0.25) is 0 Å². The molecule has 0 aromatic heterocycles. The summed E-state index contributed by atoms with van der Waals surface area (Å²) in [4.78, 5) is 2.27. The first-order valence-corrected chi connectivity index (χ1v) is 6.91. The molecule has 3 nitrogen and oxygen atoms in total. The summed E-state index contributed by atoms with van der Waals surface area (Å²) in [7, 11) is 0. The highest BCUT2D eigenvalue weighted by molar-refractivity contribution is 5.57. The van der Waals surface area contributed by atoms with Gasteiger partial charge in [0.05, 0.1) is 6.10 Å². The third-order valence-electron chi connectivity index (χ3n) is 3.59. The molecule has 0 spiro atoms. The van der Waals surface area contributed by atoms with Crippen LogP contribution < -0.4 is 10.6 Å². The van der Waals surface area contributed by atoms with E-state index < -0.39 is 0 Å². The van der Waals surface area contributed by atoms with E-state index in [4.69, 9.17) is 10.5 Å². The first-order chi connectivity index (χ1) is 8.99. The third kappa shape index (κ3) is 3.25. The second kappa shape index (κ2) is 5.88. The SMILES string of the molecule is Cc1cc(N2CCCOC(C)C2)c([C@@H](C)N)cc1F. The summed E-state index contributed by atoms with van der Waals surface area (Å²) in [6.45, 7) is 8.29. The minimum absolute atomic E-state index is 0.176. The molecule has 1 aliphatic rings. The molecular formula is C15H23FN2O. The van der Waals surface area contributed by atoms with Crippen LogP contribution in [0.5, 0.6) is 0 Å². The largest absolute Gasteiger partial charge is 0.377 e. The molecule has 1 aliphatic heterocycles. The van der Waals surface area contributed by atoms with E-state index in [2.05, 4.69) is 11.8 Å². The molecule has 4 heteroatoms. The van der Waals surface area contributed by atoms with Gasteiger partial charge in [-0.1, -0.05) is 0 Å². The minimum Gasteiger partial charge on any atom is -0.377 e. The van der Waals surface area contributed by atoms with E-state index in [1.54, 1.807) is 13.0 Å². The highest BCUT2D eigenvalue weighted by atomic mass is 19.1. The van der Waals surface area contributed by atoms with Gasteiger partial charge in [-0.3, -0.25) is 0 Å². The summed E-state index contributed by atoms with van der Waals surface area (Å²) in [5.41, 5.74) is 8.57. The maximum Gasteiger partial charge on any atom is 0.126 e. The van der Waals surface area contributed by atoms with Crippen LogP contribution in [0, 0.1) is 12.7 Å². The second-order valence-electron chi connectivity index (χ2n) is 5.43. The maximum absolute atomic E-state index is 13.7. The molecule has 0 radical (unpaired) electrons. The molecule has 1 aromatic rings. The van der Waals surface area contributed by atoms with Gasteiger partial charge in [0.1, 0.15) is 5.82 Å². The molecule has 2 rings (SSSR count). The van der Waals surface area contributed by atoms with E-state index in [1.165, 1.54) is 0 Å². The van der Waals surface area contributed by atoms with Crippen LogP contribution in [0.4, 0.5) is 10.1 Å². The Kier molecular flexibility index (Phi) is 4.42. The monoisotopic (exact) mass is 266 g/mol. The van der Waals surface area contributed by atoms with Gasteiger partial charge in [-0.15, -0.1) is 0 Å². The van der Waals surface area contributed by atoms with Crippen molar-refractivity contribution < 1.29 is 9.13 Å². The van der Waals surface area contributed by atoms with Crippen LogP contribution in [-0.2, 0) is 4.74 Å². The summed E-state index contributed by atoms with van der Waals surface area (Å²) >= 11 is 0. The molecule has 19 heavy (non-hydrogen) atoms. The van der Waals surface area contributed by atoms with Crippen molar-refractivity contribution in [3.05, 3.63) is 29.1 Å². The van der Waals surface area contributed by atoms with Crippen molar-refractivity contribution >= 4 is 5.69 Å². The molecule has 1 unspecified atom stereocenters. The minimum atomic E-state index is -0.185. The average Bonchev–Trinajstić information content (AvgIpc) is 2.56. The highest BCUT2D eigenvalue weighted by Gasteiger charge is 2.20. The lowest BCUT2D eigenvalue weighted by Gasteiger charge is -2.28. The number of halogens is 1. The molecule has 1 fully saturated rings. The van der Waals surface area contributed by atoms with Crippen molar-refractivity contribution in [1.82, 2.24) is 0 Å².